The molecule has 0 aliphatic rings. The lowest BCUT2D eigenvalue weighted by Crippen LogP contribution is -1.93. The van der Waals surface area contributed by atoms with E-state index in [1.807, 2.05) is 0 Å². The van der Waals surface area contributed by atoms with E-state index in [1.54, 1.807) is 0 Å². The van der Waals surface area contributed by atoms with Crippen LogP contribution in [-0.4, -0.2) is 13.5 Å². The number of hydrogen-bond donors (Lipinski definition) is 1. The van der Waals surface area contributed by atoms with Crippen molar-refractivity contribution in [3.05, 3.63) is 22.4 Å². The van der Waals surface area contributed by atoms with Crippen molar-refractivity contribution in [3.63, 3.8) is 0 Å². The molecule has 0 spiro atoms. The van der Waals surface area contributed by atoms with Gasteiger partial charge in [0.1, 0.15) is 16.5 Å². The van der Waals surface area contributed by atoms with Crippen LogP contribution in [0.25, 0.3) is 0 Å². The van der Waals surface area contributed by atoms with Crippen molar-refractivity contribution in [2.75, 3.05) is 0 Å². The van der Waals surface area contributed by atoms with E-state index in [0.717, 1.165) is 6.07 Å². The zero-order valence-electron chi connectivity index (χ0n) is 5.96. The number of aromatic hydroxyl groups is 1. The van der Waals surface area contributed by atoms with Crippen LogP contribution < -0.4 is 0 Å². The molecule has 72 valence electrons. The maximum absolute atomic E-state index is 12.6. The minimum Gasteiger partial charge on any atom is -0.507 e. The lowest BCUT2D eigenvalue weighted by molar-refractivity contribution is 0.462. The molecule has 0 saturated heterocycles. The van der Waals surface area contributed by atoms with E-state index in [9.17, 15) is 12.8 Å². The van der Waals surface area contributed by atoms with Gasteiger partial charge in [0.05, 0.1) is 4.47 Å². The van der Waals surface area contributed by atoms with Gasteiger partial charge in [0.2, 0.25) is 0 Å². The molecule has 0 unspecified atom stereocenters. The Balaban J connectivity index is 3.56. The number of rotatable bonds is 1. The quantitative estimate of drug-likeness (QED) is 0.807. The van der Waals surface area contributed by atoms with Gasteiger partial charge in [-0.1, -0.05) is 0 Å². The van der Waals surface area contributed by atoms with Gasteiger partial charge in [-0.25, -0.2) is 12.8 Å². The first kappa shape index (κ1) is 10.7. The van der Waals surface area contributed by atoms with E-state index in [-0.39, 0.29) is 4.47 Å². The zero-order chi connectivity index (χ0) is 10.2. The van der Waals surface area contributed by atoms with Crippen LogP contribution in [0.5, 0.6) is 5.75 Å². The summed E-state index contributed by atoms with van der Waals surface area (Å²) < 4.78 is 34.1. The van der Waals surface area contributed by atoms with Crippen molar-refractivity contribution in [1.29, 1.82) is 0 Å². The molecule has 7 heteroatoms. The molecule has 3 nitrogen and oxygen atoms in total. The van der Waals surface area contributed by atoms with Gasteiger partial charge in [-0.2, -0.15) is 0 Å². The van der Waals surface area contributed by atoms with Gasteiger partial charge in [-0.05, 0) is 22.0 Å². The number of hydrogen-bond acceptors (Lipinski definition) is 3. The second-order valence-electron chi connectivity index (χ2n) is 2.17. The van der Waals surface area contributed by atoms with Gasteiger partial charge < -0.3 is 5.11 Å². The second-order valence-corrected chi connectivity index (χ2v) is 5.50. The summed E-state index contributed by atoms with van der Waals surface area (Å²) in [7, 11) is 0.919. The van der Waals surface area contributed by atoms with Crippen LogP contribution in [0.1, 0.15) is 0 Å². The first-order valence-corrected chi connectivity index (χ1v) is 6.05. The maximum atomic E-state index is 12.6. The molecule has 0 atom stereocenters. The van der Waals surface area contributed by atoms with Crippen LogP contribution in [-0.2, 0) is 9.05 Å². The van der Waals surface area contributed by atoms with Gasteiger partial charge in [0, 0.05) is 16.7 Å². The molecule has 0 aromatic heterocycles. The minimum atomic E-state index is -4.05. The molecule has 0 aliphatic heterocycles. The third kappa shape index (κ3) is 2.32. The monoisotopic (exact) mass is 288 g/mol. The smallest absolute Gasteiger partial charge is 0.262 e. The highest BCUT2D eigenvalue weighted by molar-refractivity contribution is 9.10. The molecule has 0 heterocycles. The van der Waals surface area contributed by atoms with Gasteiger partial charge in [0.25, 0.3) is 9.05 Å². The Kier molecular flexibility index (Phi) is 2.84. The predicted octanol–water partition coefficient (Wildman–Crippen LogP) is 2.22. The summed E-state index contributed by atoms with van der Waals surface area (Å²) in [5.41, 5.74) is 0. The fraction of sp³-hybridized carbons (Fsp3) is 0. The van der Waals surface area contributed by atoms with E-state index in [1.165, 1.54) is 0 Å². The fourth-order valence-electron chi connectivity index (χ4n) is 0.728. The Morgan fingerprint density at radius 2 is 2.00 bits per heavy atom. The Hall–Kier alpha value is -0.330. The average Bonchev–Trinajstić information content (AvgIpc) is 1.94. The van der Waals surface area contributed by atoms with Gasteiger partial charge in [-0.15, -0.1) is 0 Å². The molecule has 0 radical (unpaired) electrons. The van der Waals surface area contributed by atoms with E-state index in [0.29, 0.717) is 6.07 Å². The first-order valence-electron chi connectivity index (χ1n) is 2.95. The molecule has 1 N–H and O–H groups in total. The summed E-state index contributed by atoms with van der Waals surface area (Å²) in [5.74, 6) is -1.39. The summed E-state index contributed by atoms with van der Waals surface area (Å²) in [6.07, 6.45) is 0. The minimum absolute atomic E-state index is 0.149. The molecule has 0 amide bonds. The highest BCUT2D eigenvalue weighted by Crippen LogP contribution is 2.33. The van der Waals surface area contributed by atoms with Crippen molar-refractivity contribution in [2.24, 2.45) is 0 Å². The predicted molar refractivity (Wildman–Crippen MR) is 48.8 cm³/mol. The third-order valence-corrected chi connectivity index (χ3v) is 3.69. The first-order chi connectivity index (χ1) is 5.82. The molecule has 0 aliphatic carbocycles. The maximum Gasteiger partial charge on any atom is 0.262 e. The Morgan fingerprint density at radius 3 is 2.46 bits per heavy atom. The number of halogens is 3. The highest BCUT2D eigenvalue weighted by Gasteiger charge is 2.18. The van der Waals surface area contributed by atoms with Gasteiger partial charge >= 0.3 is 0 Å². The molecular weight excluding hydrogens is 286 g/mol. The van der Waals surface area contributed by atoms with E-state index in [2.05, 4.69) is 15.9 Å². The van der Waals surface area contributed by atoms with Crippen LogP contribution in [0, 0.1) is 5.82 Å². The van der Waals surface area contributed by atoms with Crippen molar-refractivity contribution in [1.82, 2.24) is 0 Å². The van der Waals surface area contributed by atoms with Crippen LogP contribution in [0.15, 0.2) is 21.5 Å². The molecule has 1 rings (SSSR count). The Morgan fingerprint density at radius 1 is 1.46 bits per heavy atom. The van der Waals surface area contributed by atoms with Crippen LogP contribution in [0.2, 0.25) is 0 Å². The van der Waals surface area contributed by atoms with E-state index in [4.69, 9.17) is 15.8 Å². The lowest BCUT2D eigenvalue weighted by atomic mass is 10.3. The van der Waals surface area contributed by atoms with Crippen molar-refractivity contribution >= 4 is 35.7 Å². The van der Waals surface area contributed by atoms with Gasteiger partial charge in [-0.3, -0.25) is 0 Å². The molecule has 0 bridgehead atoms. The van der Waals surface area contributed by atoms with E-state index >= 15 is 0 Å². The normalized spacial score (nSPS) is 11.6. The van der Waals surface area contributed by atoms with Crippen molar-refractivity contribution in [3.8, 4) is 5.75 Å². The van der Waals surface area contributed by atoms with E-state index < -0.39 is 25.5 Å². The number of benzene rings is 1. The third-order valence-electron chi connectivity index (χ3n) is 1.25. The summed E-state index contributed by atoms with van der Waals surface area (Å²) in [6.45, 7) is 0. The zero-order valence-corrected chi connectivity index (χ0v) is 9.12. The SMILES string of the molecule is O=S(=O)(Cl)c1cc(F)cc(O)c1Br. The molecule has 0 saturated carbocycles. The summed E-state index contributed by atoms with van der Waals surface area (Å²) in [5, 5.41) is 9.03. The average molecular weight is 290 g/mol. The largest absolute Gasteiger partial charge is 0.507 e. The number of phenolic OH excluding ortho intramolecular Hbond substituents is 1. The number of phenols is 1. The topological polar surface area (TPSA) is 54.4 Å². The standard InChI is InChI=1S/C6H3BrClFO3S/c7-6-4(10)1-3(9)2-5(6)13(8,11)12/h1-2,10H. The van der Waals surface area contributed by atoms with Crippen LogP contribution >= 0.6 is 26.6 Å². The van der Waals surface area contributed by atoms with Gasteiger partial charge in [0.15, 0.2) is 0 Å². The molecule has 13 heavy (non-hydrogen) atoms. The lowest BCUT2D eigenvalue weighted by Gasteiger charge is -2.02. The molecular formula is C6H3BrClFO3S. The Bertz CT molecular complexity index is 445. The van der Waals surface area contributed by atoms with Crippen LogP contribution in [0.3, 0.4) is 0 Å². The fourth-order valence-corrected chi connectivity index (χ4v) is 2.81. The summed E-state index contributed by atoms with van der Waals surface area (Å²) in [6, 6.07) is 1.49. The van der Waals surface area contributed by atoms with Crippen molar-refractivity contribution < 1.29 is 17.9 Å². The van der Waals surface area contributed by atoms with Crippen LogP contribution in [0.4, 0.5) is 4.39 Å². The summed E-state index contributed by atoms with van der Waals surface area (Å²) >= 11 is 2.77. The second kappa shape index (κ2) is 3.43. The molecule has 1 aromatic carbocycles. The molecule has 1 aromatic rings. The molecule has 0 fully saturated rings. The highest BCUT2D eigenvalue weighted by atomic mass is 79.9. The van der Waals surface area contributed by atoms with Crippen molar-refractivity contribution in [2.45, 2.75) is 4.90 Å². The summed E-state index contributed by atoms with van der Waals surface area (Å²) in [4.78, 5) is -0.494. The Labute approximate surface area is 86.7 Å².